The van der Waals surface area contributed by atoms with Crippen LogP contribution in [-0.2, 0) is 0 Å². The summed E-state index contributed by atoms with van der Waals surface area (Å²) < 4.78 is 5.84. The molecular weight excluding hydrogens is 246 g/mol. The Hall–Kier alpha value is -0.990. The number of aryl methyl sites for hydroxylation is 2. The number of hydrogen-bond donors (Lipinski definition) is 1. The molecule has 0 aliphatic carbocycles. The maximum atomic E-state index is 5.84. The molecule has 0 saturated carbocycles. The minimum absolute atomic E-state index is 0. The molecule has 1 aliphatic rings. The van der Waals surface area contributed by atoms with Crippen molar-refractivity contribution in [3.63, 3.8) is 0 Å². The number of nitrogens with one attached hydrogen (secondary N) is 1. The van der Waals surface area contributed by atoms with Gasteiger partial charge in [-0.2, -0.15) is 0 Å². The highest BCUT2D eigenvalue weighted by Gasteiger charge is 2.20. The molecule has 2 heterocycles. The largest absolute Gasteiger partial charge is 0.468 e. The molecule has 1 aliphatic heterocycles. The quantitative estimate of drug-likeness (QED) is 0.845. The zero-order valence-electron chi connectivity index (χ0n) is 11.0. The van der Waals surface area contributed by atoms with E-state index in [1.165, 1.54) is 40.5 Å². The number of fused-ring (bicyclic) bond motifs is 1. The van der Waals surface area contributed by atoms with Gasteiger partial charge in [0, 0.05) is 16.7 Å². The molecule has 1 saturated heterocycles. The Kier molecular flexibility index (Phi) is 3.98. The van der Waals surface area contributed by atoms with E-state index in [1.54, 1.807) is 0 Å². The predicted molar refractivity (Wildman–Crippen MR) is 77.8 cm³/mol. The van der Waals surface area contributed by atoms with E-state index in [0.717, 1.165) is 13.1 Å². The van der Waals surface area contributed by atoms with Crippen molar-refractivity contribution in [2.24, 2.45) is 0 Å². The van der Waals surface area contributed by atoms with E-state index in [-0.39, 0.29) is 12.4 Å². The summed E-state index contributed by atoms with van der Waals surface area (Å²) in [6.45, 7) is 6.55. The number of furan rings is 1. The molecule has 0 unspecified atom stereocenters. The van der Waals surface area contributed by atoms with Gasteiger partial charge in [0.1, 0.15) is 5.76 Å². The lowest BCUT2D eigenvalue weighted by molar-refractivity contribution is 0.389. The van der Waals surface area contributed by atoms with Crippen molar-refractivity contribution in [1.82, 2.24) is 5.32 Å². The molecular formula is C15H20ClNO. The smallest absolute Gasteiger partial charge is 0.114 e. The molecule has 1 aromatic carbocycles. The van der Waals surface area contributed by atoms with E-state index in [1.807, 2.05) is 6.26 Å². The zero-order valence-corrected chi connectivity index (χ0v) is 11.8. The molecule has 3 heteroatoms. The van der Waals surface area contributed by atoms with Crippen LogP contribution < -0.4 is 5.32 Å². The molecule has 0 atom stereocenters. The molecule has 1 fully saturated rings. The normalized spacial score (nSPS) is 16.8. The summed E-state index contributed by atoms with van der Waals surface area (Å²) in [7, 11) is 0. The summed E-state index contributed by atoms with van der Waals surface area (Å²) in [5.41, 5.74) is 2.70. The van der Waals surface area contributed by atoms with E-state index in [9.17, 15) is 0 Å². The fourth-order valence-electron chi connectivity index (χ4n) is 2.74. The number of rotatable bonds is 1. The van der Waals surface area contributed by atoms with E-state index >= 15 is 0 Å². The average Bonchev–Trinajstić information content (AvgIpc) is 2.74. The molecule has 3 rings (SSSR count). The second-order valence-corrected chi connectivity index (χ2v) is 5.15. The van der Waals surface area contributed by atoms with Crippen LogP contribution in [0.1, 0.15) is 35.6 Å². The van der Waals surface area contributed by atoms with Gasteiger partial charge < -0.3 is 9.73 Å². The second kappa shape index (κ2) is 5.33. The maximum Gasteiger partial charge on any atom is 0.114 e. The van der Waals surface area contributed by atoms with Gasteiger partial charge in [0.15, 0.2) is 0 Å². The third-order valence-electron chi connectivity index (χ3n) is 3.95. The third-order valence-corrected chi connectivity index (χ3v) is 3.95. The van der Waals surface area contributed by atoms with E-state index in [0.29, 0.717) is 5.92 Å². The minimum atomic E-state index is 0. The lowest BCUT2D eigenvalue weighted by Crippen LogP contribution is -2.26. The van der Waals surface area contributed by atoms with E-state index in [4.69, 9.17) is 4.42 Å². The Balaban J connectivity index is 0.00000120. The fraction of sp³-hybridized carbons (Fsp3) is 0.467. The van der Waals surface area contributed by atoms with Crippen LogP contribution in [0.25, 0.3) is 10.8 Å². The molecule has 2 nitrogen and oxygen atoms in total. The molecule has 2 aromatic rings. The number of hydrogen-bond acceptors (Lipinski definition) is 2. The molecule has 0 amide bonds. The topological polar surface area (TPSA) is 25.2 Å². The van der Waals surface area contributed by atoms with Crippen molar-refractivity contribution >= 4 is 23.2 Å². The van der Waals surface area contributed by atoms with Crippen molar-refractivity contribution in [2.75, 3.05) is 13.1 Å². The first-order chi connectivity index (χ1) is 8.25. The van der Waals surface area contributed by atoms with Crippen molar-refractivity contribution in [2.45, 2.75) is 32.6 Å². The predicted octanol–water partition coefficient (Wildman–Crippen LogP) is 3.94. The van der Waals surface area contributed by atoms with Gasteiger partial charge in [0.2, 0.25) is 0 Å². The Bertz CT molecular complexity index is 541. The molecule has 1 N–H and O–H groups in total. The fourth-order valence-corrected chi connectivity index (χ4v) is 2.74. The monoisotopic (exact) mass is 265 g/mol. The highest BCUT2D eigenvalue weighted by molar-refractivity contribution is 5.86. The van der Waals surface area contributed by atoms with E-state index < -0.39 is 0 Å². The Morgan fingerprint density at radius 3 is 2.50 bits per heavy atom. The van der Waals surface area contributed by atoms with Crippen LogP contribution in [0.3, 0.4) is 0 Å². The SMILES string of the molecule is Cc1cc2coc(C3CCNCC3)c2cc1C.Cl. The summed E-state index contributed by atoms with van der Waals surface area (Å²) in [5.74, 6) is 1.79. The molecule has 98 valence electrons. The molecule has 0 spiro atoms. The number of piperidine rings is 1. The van der Waals surface area contributed by atoms with Crippen LogP contribution in [0.5, 0.6) is 0 Å². The summed E-state index contributed by atoms with van der Waals surface area (Å²) >= 11 is 0. The van der Waals surface area contributed by atoms with Crippen LogP contribution in [0, 0.1) is 13.8 Å². The zero-order chi connectivity index (χ0) is 11.8. The van der Waals surface area contributed by atoms with E-state index in [2.05, 4.69) is 31.3 Å². The lowest BCUT2D eigenvalue weighted by atomic mass is 9.92. The molecule has 1 aromatic heterocycles. The number of halogens is 1. The molecule has 18 heavy (non-hydrogen) atoms. The Labute approximate surface area is 114 Å². The molecule has 0 radical (unpaired) electrons. The van der Waals surface area contributed by atoms with Crippen molar-refractivity contribution in [3.05, 3.63) is 35.3 Å². The Morgan fingerprint density at radius 1 is 1.11 bits per heavy atom. The van der Waals surface area contributed by atoms with Crippen LogP contribution in [0.4, 0.5) is 0 Å². The first-order valence-corrected chi connectivity index (χ1v) is 6.45. The van der Waals surface area contributed by atoms with Crippen LogP contribution in [0.2, 0.25) is 0 Å². The van der Waals surface area contributed by atoms with Gasteiger partial charge in [0.25, 0.3) is 0 Å². The van der Waals surface area contributed by atoms with Crippen LogP contribution >= 0.6 is 12.4 Å². The number of benzene rings is 1. The van der Waals surface area contributed by atoms with Crippen LogP contribution in [0.15, 0.2) is 22.8 Å². The second-order valence-electron chi connectivity index (χ2n) is 5.15. The van der Waals surface area contributed by atoms with Crippen molar-refractivity contribution < 1.29 is 4.42 Å². The third kappa shape index (κ3) is 2.27. The van der Waals surface area contributed by atoms with Crippen molar-refractivity contribution in [1.29, 1.82) is 0 Å². The summed E-state index contributed by atoms with van der Waals surface area (Å²) in [4.78, 5) is 0. The first kappa shape index (κ1) is 13.4. The summed E-state index contributed by atoms with van der Waals surface area (Å²) in [6.07, 6.45) is 4.30. The molecule has 0 bridgehead atoms. The highest BCUT2D eigenvalue weighted by Crippen LogP contribution is 2.34. The Morgan fingerprint density at radius 2 is 1.78 bits per heavy atom. The highest BCUT2D eigenvalue weighted by atomic mass is 35.5. The van der Waals surface area contributed by atoms with Crippen molar-refractivity contribution in [3.8, 4) is 0 Å². The van der Waals surface area contributed by atoms with Gasteiger partial charge in [-0.3, -0.25) is 0 Å². The lowest BCUT2D eigenvalue weighted by Gasteiger charge is -2.21. The summed E-state index contributed by atoms with van der Waals surface area (Å²) in [6, 6.07) is 4.52. The van der Waals surface area contributed by atoms with Gasteiger partial charge in [-0.1, -0.05) is 0 Å². The maximum absolute atomic E-state index is 5.84. The van der Waals surface area contributed by atoms with Gasteiger partial charge in [-0.15, -0.1) is 12.4 Å². The van der Waals surface area contributed by atoms with Gasteiger partial charge in [-0.25, -0.2) is 0 Å². The van der Waals surface area contributed by atoms with Crippen LogP contribution in [-0.4, -0.2) is 13.1 Å². The van der Waals surface area contributed by atoms with Gasteiger partial charge in [-0.05, 0) is 63.0 Å². The van der Waals surface area contributed by atoms with Gasteiger partial charge >= 0.3 is 0 Å². The van der Waals surface area contributed by atoms with Gasteiger partial charge in [0.05, 0.1) is 6.26 Å². The minimum Gasteiger partial charge on any atom is -0.468 e. The standard InChI is InChI=1S/C15H19NO.ClH/c1-10-7-13-9-17-15(14(13)8-11(10)2)12-3-5-16-6-4-12;/h7-9,12,16H,3-6H2,1-2H3;1H. The average molecular weight is 266 g/mol. The first-order valence-electron chi connectivity index (χ1n) is 6.45. The summed E-state index contributed by atoms with van der Waals surface area (Å²) in [5, 5.41) is 5.97.